The van der Waals surface area contributed by atoms with Crippen molar-refractivity contribution in [3.05, 3.63) is 23.9 Å². The van der Waals surface area contributed by atoms with Crippen molar-refractivity contribution in [2.24, 2.45) is 4.99 Å². The smallest absolute Gasteiger partial charge is 0.218 e. The fraction of sp³-hybridized carbons (Fsp3) is 0.667. The number of aromatic nitrogens is 1. The minimum Gasteiger partial charge on any atom is -0.478 e. The first kappa shape index (κ1) is 23.9. The van der Waals surface area contributed by atoms with Gasteiger partial charge in [0.05, 0.1) is 6.61 Å². The highest BCUT2D eigenvalue weighted by Crippen LogP contribution is 2.13. The molecule has 0 radical (unpaired) electrons. The normalized spacial score (nSPS) is 11.6. The summed E-state index contributed by atoms with van der Waals surface area (Å²) in [6.45, 7) is 13.9. The van der Waals surface area contributed by atoms with Gasteiger partial charge in [-0.3, -0.25) is 9.89 Å². The zero-order chi connectivity index (χ0) is 17.9. The molecule has 0 saturated carbocycles. The Bertz CT molecular complexity index is 500. The summed E-state index contributed by atoms with van der Waals surface area (Å²) in [7, 11) is 1.78. The topological polar surface area (TPSA) is 61.8 Å². The Morgan fingerprint density at radius 3 is 2.48 bits per heavy atom. The van der Waals surface area contributed by atoms with E-state index in [1.54, 1.807) is 13.2 Å². The summed E-state index contributed by atoms with van der Waals surface area (Å²) >= 11 is 0. The van der Waals surface area contributed by atoms with E-state index in [2.05, 4.69) is 53.2 Å². The van der Waals surface area contributed by atoms with E-state index in [1.807, 2.05) is 19.1 Å². The molecule has 6 nitrogen and oxygen atoms in total. The van der Waals surface area contributed by atoms with Crippen LogP contribution in [0.1, 0.15) is 40.2 Å². The number of ether oxygens (including phenoxy) is 1. The van der Waals surface area contributed by atoms with E-state index in [0.29, 0.717) is 31.1 Å². The van der Waals surface area contributed by atoms with Crippen molar-refractivity contribution >= 4 is 29.9 Å². The minimum atomic E-state index is 0. The number of hydrogen-bond acceptors (Lipinski definition) is 4. The Kier molecular flexibility index (Phi) is 12.6. The maximum Gasteiger partial charge on any atom is 0.218 e. The molecule has 0 aliphatic rings. The average molecular weight is 463 g/mol. The van der Waals surface area contributed by atoms with E-state index >= 15 is 0 Å². The summed E-state index contributed by atoms with van der Waals surface area (Å²) in [4.78, 5) is 11.0. The maximum atomic E-state index is 5.55. The zero-order valence-corrected chi connectivity index (χ0v) is 18.7. The van der Waals surface area contributed by atoms with Gasteiger partial charge in [0, 0.05) is 50.5 Å². The fourth-order valence-corrected chi connectivity index (χ4v) is 2.64. The van der Waals surface area contributed by atoms with Crippen molar-refractivity contribution in [2.45, 2.75) is 53.2 Å². The molecule has 0 aromatic carbocycles. The van der Waals surface area contributed by atoms with Crippen LogP contribution in [0.4, 0.5) is 0 Å². The van der Waals surface area contributed by atoms with E-state index in [9.17, 15) is 0 Å². The Morgan fingerprint density at radius 1 is 1.24 bits per heavy atom. The summed E-state index contributed by atoms with van der Waals surface area (Å²) in [5.41, 5.74) is 1.02. The van der Waals surface area contributed by atoms with Crippen LogP contribution in [0.15, 0.2) is 23.3 Å². The van der Waals surface area contributed by atoms with Gasteiger partial charge in [-0.1, -0.05) is 6.07 Å². The molecule has 25 heavy (non-hydrogen) atoms. The van der Waals surface area contributed by atoms with Gasteiger partial charge in [-0.25, -0.2) is 4.98 Å². The Hall–Kier alpha value is -1.09. The van der Waals surface area contributed by atoms with Crippen molar-refractivity contribution in [3.8, 4) is 5.88 Å². The number of guanidine groups is 1. The first-order chi connectivity index (χ1) is 11.5. The van der Waals surface area contributed by atoms with Gasteiger partial charge in [-0.2, -0.15) is 0 Å². The predicted octanol–water partition coefficient (Wildman–Crippen LogP) is 2.88. The molecule has 1 aromatic heterocycles. The number of pyridine rings is 1. The van der Waals surface area contributed by atoms with E-state index in [0.717, 1.165) is 24.6 Å². The number of nitrogens with one attached hydrogen (secondary N) is 2. The lowest BCUT2D eigenvalue weighted by molar-refractivity contribution is 0.178. The average Bonchev–Trinajstić information content (AvgIpc) is 2.55. The number of halogens is 1. The lowest BCUT2D eigenvalue weighted by atomic mass is 10.2. The summed E-state index contributed by atoms with van der Waals surface area (Å²) < 4.78 is 5.55. The van der Waals surface area contributed by atoms with Gasteiger partial charge >= 0.3 is 0 Å². The van der Waals surface area contributed by atoms with Gasteiger partial charge in [0.25, 0.3) is 0 Å². The molecule has 0 aliphatic carbocycles. The molecule has 0 amide bonds. The van der Waals surface area contributed by atoms with E-state index in [4.69, 9.17) is 4.74 Å². The first-order valence-electron chi connectivity index (χ1n) is 8.76. The van der Waals surface area contributed by atoms with Crippen LogP contribution < -0.4 is 15.4 Å². The molecule has 2 N–H and O–H groups in total. The van der Waals surface area contributed by atoms with Crippen molar-refractivity contribution in [3.63, 3.8) is 0 Å². The Labute approximate surface area is 169 Å². The number of aliphatic imine (C=N–C) groups is 1. The van der Waals surface area contributed by atoms with Gasteiger partial charge < -0.3 is 15.4 Å². The summed E-state index contributed by atoms with van der Waals surface area (Å²) in [6, 6.07) is 4.99. The summed E-state index contributed by atoms with van der Waals surface area (Å²) in [5, 5.41) is 6.68. The molecule has 0 saturated heterocycles. The fourth-order valence-electron chi connectivity index (χ4n) is 2.64. The van der Waals surface area contributed by atoms with Crippen LogP contribution in [0.25, 0.3) is 0 Å². The summed E-state index contributed by atoms with van der Waals surface area (Å²) in [6.07, 6.45) is 1.74. The zero-order valence-electron chi connectivity index (χ0n) is 16.4. The molecule has 0 bridgehead atoms. The molecular weight excluding hydrogens is 429 g/mol. The molecule has 144 valence electrons. The van der Waals surface area contributed by atoms with Gasteiger partial charge in [-0.15, -0.1) is 24.0 Å². The maximum absolute atomic E-state index is 5.55. The molecule has 0 unspecified atom stereocenters. The van der Waals surface area contributed by atoms with E-state index in [1.165, 1.54) is 0 Å². The highest BCUT2D eigenvalue weighted by molar-refractivity contribution is 14.0. The van der Waals surface area contributed by atoms with Crippen LogP contribution >= 0.6 is 24.0 Å². The van der Waals surface area contributed by atoms with Crippen LogP contribution in [-0.4, -0.2) is 54.7 Å². The standard InChI is InChI=1S/C18H33N5O.HI/c1-7-24-17-16(9-8-10-20-17)13-22-18(19-6)21-11-12-23(14(2)3)15(4)5;/h8-10,14-15H,7,11-13H2,1-6H3,(H2,19,21,22);1H. The quantitative estimate of drug-likeness (QED) is 0.335. The molecule has 1 aromatic rings. The molecular formula is C18H34IN5O. The molecule has 0 aliphatic heterocycles. The van der Waals surface area contributed by atoms with Crippen molar-refractivity contribution in [1.82, 2.24) is 20.5 Å². The lowest BCUT2D eigenvalue weighted by Gasteiger charge is -2.30. The molecule has 0 atom stereocenters. The number of rotatable bonds is 9. The monoisotopic (exact) mass is 463 g/mol. The third-order valence-corrected chi connectivity index (χ3v) is 3.79. The van der Waals surface area contributed by atoms with Crippen molar-refractivity contribution < 1.29 is 4.74 Å². The second kappa shape index (κ2) is 13.2. The van der Waals surface area contributed by atoms with Crippen LogP contribution in [0.3, 0.4) is 0 Å². The molecule has 0 spiro atoms. The van der Waals surface area contributed by atoms with Gasteiger partial charge in [0.2, 0.25) is 5.88 Å². The summed E-state index contributed by atoms with van der Waals surface area (Å²) in [5.74, 6) is 1.46. The van der Waals surface area contributed by atoms with Crippen molar-refractivity contribution in [2.75, 3.05) is 26.7 Å². The van der Waals surface area contributed by atoms with Gasteiger partial charge in [-0.05, 0) is 40.7 Å². The van der Waals surface area contributed by atoms with Crippen LogP contribution in [0.2, 0.25) is 0 Å². The Balaban J connectivity index is 0.00000576. The first-order valence-corrected chi connectivity index (χ1v) is 8.76. The SMILES string of the molecule is CCOc1ncccc1CNC(=NC)NCCN(C(C)C)C(C)C.I. The highest BCUT2D eigenvalue weighted by atomic mass is 127. The second-order valence-corrected chi connectivity index (χ2v) is 6.18. The molecule has 1 rings (SSSR count). The lowest BCUT2D eigenvalue weighted by Crippen LogP contribution is -2.45. The predicted molar refractivity (Wildman–Crippen MR) is 116 cm³/mol. The number of hydrogen-bond donors (Lipinski definition) is 2. The third kappa shape index (κ3) is 8.71. The highest BCUT2D eigenvalue weighted by Gasteiger charge is 2.12. The largest absolute Gasteiger partial charge is 0.478 e. The minimum absolute atomic E-state index is 0. The van der Waals surface area contributed by atoms with Gasteiger partial charge in [0.1, 0.15) is 0 Å². The number of nitrogens with zero attached hydrogens (tertiary/aromatic N) is 3. The van der Waals surface area contributed by atoms with Crippen LogP contribution in [-0.2, 0) is 6.54 Å². The molecule has 1 heterocycles. The van der Waals surface area contributed by atoms with Crippen LogP contribution in [0.5, 0.6) is 5.88 Å². The van der Waals surface area contributed by atoms with E-state index in [-0.39, 0.29) is 24.0 Å². The van der Waals surface area contributed by atoms with Crippen LogP contribution in [0, 0.1) is 0 Å². The van der Waals surface area contributed by atoms with E-state index < -0.39 is 0 Å². The Morgan fingerprint density at radius 2 is 1.92 bits per heavy atom. The molecule has 7 heteroatoms. The second-order valence-electron chi connectivity index (χ2n) is 6.18. The molecule has 0 fully saturated rings. The third-order valence-electron chi connectivity index (χ3n) is 3.79. The van der Waals surface area contributed by atoms with Crippen molar-refractivity contribution in [1.29, 1.82) is 0 Å². The van der Waals surface area contributed by atoms with Gasteiger partial charge in [0.15, 0.2) is 5.96 Å².